The molecule has 1 amide bonds. The van der Waals surface area contributed by atoms with Crippen LogP contribution in [0.1, 0.15) is 25.0 Å². The van der Waals surface area contributed by atoms with E-state index in [0.29, 0.717) is 18.7 Å². The second kappa shape index (κ2) is 8.31. The number of amides is 1. The summed E-state index contributed by atoms with van der Waals surface area (Å²) in [5.41, 5.74) is -0.765. The zero-order valence-electron chi connectivity index (χ0n) is 13.6. The van der Waals surface area contributed by atoms with E-state index in [1.54, 1.807) is 27.0 Å². The average molecular weight is 332 g/mol. The fraction of sp³-hybridized carbons (Fsp3) is 0.562. The molecule has 4 nitrogen and oxygen atoms in total. The Labute approximate surface area is 134 Å². The summed E-state index contributed by atoms with van der Waals surface area (Å²) in [4.78, 5) is 11.7. The maximum Gasteiger partial charge on any atom is 0.416 e. The predicted molar refractivity (Wildman–Crippen MR) is 82.2 cm³/mol. The van der Waals surface area contributed by atoms with E-state index in [9.17, 15) is 18.0 Å². The van der Waals surface area contributed by atoms with Crippen LogP contribution in [-0.2, 0) is 21.1 Å². The molecule has 0 radical (unpaired) electrons. The number of carbonyl (C=O) groups excluding carboxylic acids is 1. The van der Waals surface area contributed by atoms with Gasteiger partial charge < -0.3 is 15.4 Å². The van der Waals surface area contributed by atoms with E-state index in [0.717, 1.165) is 12.1 Å². The first-order chi connectivity index (χ1) is 10.7. The Balaban J connectivity index is 2.60. The molecule has 130 valence electrons. The van der Waals surface area contributed by atoms with Crippen LogP contribution in [-0.4, -0.2) is 39.3 Å². The summed E-state index contributed by atoms with van der Waals surface area (Å²) in [6.07, 6.45) is -4.37. The topological polar surface area (TPSA) is 50.4 Å². The van der Waals surface area contributed by atoms with E-state index in [2.05, 4.69) is 10.6 Å². The second-order valence-electron chi connectivity index (χ2n) is 5.91. The molecule has 0 saturated carbocycles. The summed E-state index contributed by atoms with van der Waals surface area (Å²) in [6.45, 7) is 5.04. The van der Waals surface area contributed by atoms with Crippen molar-refractivity contribution in [1.29, 1.82) is 0 Å². The number of halogens is 3. The number of ether oxygens (including phenoxy) is 1. The van der Waals surface area contributed by atoms with Crippen molar-refractivity contribution in [2.45, 2.75) is 25.4 Å². The summed E-state index contributed by atoms with van der Waals surface area (Å²) in [6, 6.07) is 5.19. The van der Waals surface area contributed by atoms with Crippen molar-refractivity contribution in [3.05, 3.63) is 35.4 Å². The third-order valence-corrected chi connectivity index (χ3v) is 3.47. The largest absolute Gasteiger partial charge is 0.416 e. The molecule has 0 bridgehead atoms. The van der Waals surface area contributed by atoms with Gasteiger partial charge in [0.25, 0.3) is 0 Å². The van der Waals surface area contributed by atoms with Gasteiger partial charge in [0, 0.05) is 25.6 Å². The summed E-state index contributed by atoms with van der Waals surface area (Å²) >= 11 is 0. The van der Waals surface area contributed by atoms with E-state index in [4.69, 9.17) is 4.74 Å². The Morgan fingerprint density at radius 2 is 1.87 bits per heavy atom. The molecule has 1 aromatic rings. The highest BCUT2D eigenvalue weighted by atomic mass is 19.4. The van der Waals surface area contributed by atoms with Crippen molar-refractivity contribution in [3.8, 4) is 0 Å². The molecule has 0 unspecified atom stereocenters. The number of rotatable bonds is 8. The second-order valence-corrected chi connectivity index (χ2v) is 5.91. The predicted octanol–water partition coefficient (Wildman–Crippen LogP) is 2.34. The Hall–Kier alpha value is -1.60. The van der Waals surface area contributed by atoms with Crippen molar-refractivity contribution >= 4 is 5.91 Å². The zero-order valence-corrected chi connectivity index (χ0v) is 13.6. The minimum atomic E-state index is -4.37. The molecule has 0 aliphatic carbocycles. The lowest BCUT2D eigenvalue weighted by Crippen LogP contribution is -2.41. The summed E-state index contributed by atoms with van der Waals surface area (Å²) < 4.78 is 43.2. The van der Waals surface area contributed by atoms with Gasteiger partial charge in [-0.25, -0.2) is 0 Å². The van der Waals surface area contributed by atoms with Crippen LogP contribution in [0, 0.1) is 0 Å². The fourth-order valence-corrected chi connectivity index (χ4v) is 1.98. The average Bonchev–Trinajstić information content (AvgIpc) is 2.49. The lowest BCUT2D eigenvalue weighted by Gasteiger charge is -2.26. The molecule has 2 N–H and O–H groups in total. The maximum atomic E-state index is 12.8. The van der Waals surface area contributed by atoms with Crippen molar-refractivity contribution in [2.24, 2.45) is 0 Å². The molecule has 23 heavy (non-hydrogen) atoms. The summed E-state index contributed by atoms with van der Waals surface area (Å²) in [5, 5.41) is 5.64. The third kappa shape index (κ3) is 6.58. The first-order valence-corrected chi connectivity index (χ1v) is 7.31. The van der Waals surface area contributed by atoms with Crippen LogP contribution in [0.5, 0.6) is 0 Å². The number of nitrogens with one attached hydrogen (secondary N) is 2. The van der Waals surface area contributed by atoms with Gasteiger partial charge in [0.15, 0.2) is 0 Å². The van der Waals surface area contributed by atoms with E-state index >= 15 is 0 Å². The van der Waals surface area contributed by atoms with Gasteiger partial charge in [0.05, 0.1) is 18.7 Å². The van der Waals surface area contributed by atoms with Crippen LogP contribution in [0.25, 0.3) is 0 Å². The standard InChI is InChI=1S/C16H23F3N2O2/c1-15(2,11-21-14(22)10-20-7-8-23-3)12-5-4-6-13(9-12)16(17,18)19/h4-6,9,20H,7-8,10-11H2,1-3H3,(H,21,22). The first kappa shape index (κ1) is 19.4. The number of carbonyl (C=O) groups is 1. The summed E-state index contributed by atoms with van der Waals surface area (Å²) in [5.74, 6) is -0.207. The van der Waals surface area contributed by atoms with Gasteiger partial charge in [-0.15, -0.1) is 0 Å². The van der Waals surface area contributed by atoms with Crippen LogP contribution in [0.2, 0.25) is 0 Å². The van der Waals surface area contributed by atoms with E-state index in [-0.39, 0.29) is 19.0 Å². The third-order valence-electron chi connectivity index (χ3n) is 3.47. The normalized spacial score (nSPS) is 12.3. The maximum absolute atomic E-state index is 12.8. The van der Waals surface area contributed by atoms with Crippen molar-refractivity contribution < 1.29 is 22.7 Å². The van der Waals surface area contributed by atoms with Gasteiger partial charge >= 0.3 is 6.18 Å². The van der Waals surface area contributed by atoms with Gasteiger partial charge in [-0.3, -0.25) is 4.79 Å². The van der Waals surface area contributed by atoms with Gasteiger partial charge in [0.1, 0.15) is 0 Å². The smallest absolute Gasteiger partial charge is 0.383 e. The van der Waals surface area contributed by atoms with Crippen molar-refractivity contribution in [1.82, 2.24) is 10.6 Å². The summed E-state index contributed by atoms with van der Waals surface area (Å²) in [7, 11) is 1.57. The lowest BCUT2D eigenvalue weighted by molar-refractivity contribution is -0.137. The van der Waals surface area contributed by atoms with Gasteiger partial charge in [0.2, 0.25) is 5.91 Å². The Bertz CT molecular complexity index is 516. The highest BCUT2D eigenvalue weighted by Gasteiger charge is 2.32. The Morgan fingerprint density at radius 3 is 2.48 bits per heavy atom. The molecule has 0 aromatic heterocycles. The minimum Gasteiger partial charge on any atom is -0.383 e. The van der Waals surface area contributed by atoms with Crippen LogP contribution in [0.15, 0.2) is 24.3 Å². The highest BCUT2D eigenvalue weighted by Crippen LogP contribution is 2.32. The molecular weight excluding hydrogens is 309 g/mol. The van der Waals surface area contributed by atoms with Gasteiger partial charge in [-0.1, -0.05) is 32.0 Å². The van der Waals surface area contributed by atoms with E-state index in [1.165, 1.54) is 6.07 Å². The number of alkyl halides is 3. The lowest BCUT2D eigenvalue weighted by atomic mass is 9.83. The monoisotopic (exact) mass is 332 g/mol. The minimum absolute atomic E-state index is 0.141. The highest BCUT2D eigenvalue weighted by molar-refractivity contribution is 5.78. The SMILES string of the molecule is COCCNCC(=O)NCC(C)(C)c1cccc(C(F)(F)F)c1. The van der Waals surface area contributed by atoms with Gasteiger partial charge in [-0.2, -0.15) is 13.2 Å². The number of hydrogen-bond acceptors (Lipinski definition) is 3. The van der Waals surface area contributed by atoms with Crippen molar-refractivity contribution in [3.63, 3.8) is 0 Å². The molecular formula is C16H23F3N2O2. The van der Waals surface area contributed by atoms with Crippen molar-refractivity contribution in [2.75, 3.05) is 33.4 Å². The molecule has 0 saturated heterocycles. The molecule has 0 aliphatic heterocycles. The molecule has 0 atom stereocenters. The van der Waals surface area contributed by atoms with Crippen LogP contribution < -0.4 is 10.6 Å². The quantitative estimate of drug-likeness (QED) is 0.719. The Kier molecular flexibility index (Phi) is 7.02. The van der Waals surface area contributed by atoms with E-state index < -0.39 is 17.2 Å². The molecule has 0 heterocycles. The van der Waals surface area contributed by atoms with Gasteiger partial charge in [-0.05, 0) is 11.6 Å². The molecule has 0 aliphatic rings. The number of hydrogen-bond donors (Lipinski definition) is 2. The number of methoxy groups -OCH3 is 1. The molecule has 7 heteroatoms. The Morgan fingerprint density at radius 1 is 1.22 bits per heavy atom. The molecule has 1 rings (SSSR count). The molecule has 1 aromatic carbocycles. The van der Waals surface area contributed by atoms with E-state index in [1.807, 2.05) is 0 Å². The zero-order chi connectivity index (χ0) is 17.5. The van der Waals surface area contributed by atoms with Crippen LogP contribution in [0.3, 0.4) is 0 Å². The first-order valence-electron chi connectivity index (χ1n) is 7.31. The number of benzene rings is 1. The molecule has 0 fully saturated rings. The van der Waals surface area contributed by atoms with Crippen LogP contribution in [0.4, 0.5) is 13.2 Å². The fourth-order valence-electron chi connectivity index (χ4n) is 1.98. The molecule has 0 spiro atoms. The van der Waals surface area contributed by atoms with Crippen LogP contribution >= 0.6 is 0 Å².